The van der Waals surface area contributed by atoms with Crippen LogP contribution in [0.2, 0.25) is 0 Å². The Bertz CT molecular complexity index is 718. The second-order valence-electron chi connectivity index (χ2n) is 6.29. The van der Waals surface area contributed by atoms with Crippen LogP contribution in [0.3, 0.4) is 0 Å². The van der Waals surface area contributed by atoms with Crippen molar-refractivity contribution in [1.82, 2.24) is 5.32 Å². The van der Waals surface area contributed by atoms with Gasteiger partial charge < -0.3 is 19.5 Å². The molecule has 1 heterocycles. The van der Waals surface area contributed by atoms with E-state index in [4.69, 9.17) is 14.2 Å². The fraction of sp³-hybridized carbons (Fsp3) is 0.400. The van der Waals surface area contributed by atoms with Crippen LogP contribution in [0.4, 0.5) is 4.39 Å². The summed E-state index contributed by atoms with van der Waals surface area (Å²) in [5, 5.41) is 3.43. The molecule has 1 aliphatic heterocycles. The molecule has 0 amide bonds. The SMILES string of the molecule is COc1cc(CNCC2CCCO2)cc(Br)c1OCc1ccc(F)cc1. The quantitative estimate of drug-likeness (QED) is 0.680. The molecule has 1 atom stereocenters. The Morgan fingerprint density at radius 1 is 1.23 bits per heavy atom. The fourth-order valence-electron chi connectivity index (χ4n) is 2.93. The lowest BCUT2D eigenvalue weighted by atomic mass is 10.2. The molecule has 0 radical (unpaired) electrons. The van der Waals surface area contributed by atoms with Gasteiger partial charge in [0.25, 0.3) is 0 Å². The highest BCUT2D eigenvalue weighted by Gasteiger charge is 2.16. The first-order valence-electron chi connectivity index (χ1n) is 8.71. The summed E-state index contributed by atoms with van der Waals surface area (Å²) in [4.78, 5) is 0. The van der Waals surface area contributed by atoms with Gasteiger partial charge in [-0.05, 0) is 64.2 Å². The van der Waals surface area contributed by atoms with E-state index >= 15 is 0 Å². The summed E-state index contributed by atoms with van der Waals surface area (Å²) in [6, 6.07) is 10.2. The summed E-state index contributed by atoms with van der Waals surface area (Å²) in [6.45, 7) is 2.79. The maximum Gasteiger partial charge on any atom is 0.175 e. The number of halogens is 2. The Labute approximate surface area is 161 Å². The van der Waals surface area contributed by atoms with E-state index < -0.39 is 0 Å². The van der Waals surface area contributed by atoms with E-state index in [1.807, 2.05) is 12.1 Å². The summed E-state index contributed by atoms with van der Waals surface area (Å²) < 4.78 is 30.8. The molecule has 140 valence electrons. The van der Waals surface area contributed by atoms with Crippen LogP contribution in [0.5, 0.6) is 11.5 Å². The Hall–Kier alpha value is -1.63. The monoisotopic (exact) mass is 423 g/mol. The van der Waals surface area contributed by atoms with Crippen LogP contribution in [0.15, 0.2) is 40.9 Å². The lowest BCUT2D eigenvalue weighted by molar-refractivity contribution is 0.110. The van der Waals surface area contributed by atoms with E-state index in [9.17, 15) is 4.39 Å². The summed E-state index contributed by atoms with van der Waals surface area (Å²) in [7, 11) is 1.62. The summed E-state index contributed by atoms with van der Waals surface area (Å²) in [6.07, 6.45) is 2.58. The Morgan fingerprint density at radius 3 is 2.73 bits per heavy atom. The molecule has 1 N–H and O–H groups in total. The zero-order chi connectivity index (χ0) is 18.4. The lowest BCUT2D eigenvalue weighted by Gasteiger charge is -2.16. The third kappa shape index (κ3) is 5.19. The first kappa shape index (κ1) is 19.1. The second-order valence-corrected chi connectivity index (χ2v) is 7.14. The zero-order valence-corrected chi connectivity index (χ0v) is 16.4. The number of hydrogen-bond donors (Lipinski definition) is 1. The standard InChI is InChI=1S/C20H23BrFNO3/c1-24-19-10-15(11-23-12-17-3-2-8-25-17)9-18(21)20(19)26-13-14-4-6-16(22)7-5-14/h4-7,9-10,17,23H,2-3,8,11-13H2,1H3. The third-order valence-electron chi connectivity index (χ3n) is 4.31. The lowest BCUT2D eigenvalue weighted by Crippen LogP contribution is -2.25. The number of hydrogen-bond acceptors (Lipinski definition) is 4. The van der Waals surface area contributed by atoms with Gasteiger partial charge in [-0.15, -0.1) is 0 Å². The minimum atomic E-state index is -0.257. The van der Waals surface area contributed by atoms with Crippen molar-refractivity contribution in [3.63, 3.8) is 0 Å². The molecule has 0 bridgehead atoms. The van der Waals surface area contributed by atoms with Gasteiger partial charge in [-0.1, -0.05) is 12.1 Å². The van der Waals surface area contributed by atoms with Gasteiger partial charge in [0.2, 0.25) is 0 Å². The van der Waals surface area contributed by atoms with E-state index in [1.54, 1.807) is 19.2 Å². The Kier molecular flexibility index (Phi) is 6.88. The van der Waals surface area contributed by atoms with Gasteiger partial charge in [0.05, 0.1) is 17.7 Å². The van der Waals surface area contributed by atoms with E-state index in [1.165, 1.54) is 12.1 Å². The maximum absolute atomic E-state index is 13.0. The molecular weight excluding hydrogens is 401 g/mol. The highest BCUT2D eigenvalue weighted by atomic mass is 79.9. The molecule has 2 aromatic rings. The predicted molar refractivity (Wildman–Crippen MR) is 102 cm³/mol. The molecule has 2 aromatic carbocycles. The van der Waals surface area contributed by atoms with Crippen LogP contribution in [0.25, 0.3) is 0 Å². The fourth-order valence-corrected chi connectivity index (χ4v) is 3.54. The van der Waals surface area contributed by atoms with Crippen molar-refractivity contribution in [2.75, 3.05) is 20.3 Å². The molecule has 1 aliphatic rings. The third-order valence-corrected chi connectivity index (χ3v) is 4.90. The van der Waals surface area contributed by atoms with Crippen molar-refractivity contribution in [3.05, 3.63) is 57.8 Å². The van der Waals surface area contributed by atoms with Gasteiger partial charge >= 0.3 is 0 Å². The van der Waals surface area contributed by atoms with Gasteiger partial charge in [0, 0.05) is 19.7 Å². The summed E-state index contributed by atoms with van der Waals surface area (Å²) >= 11 is 3.56. The van der Waals surface area contributed by atoms with Crippen molar-refractivity contribution in [3.8, 4) is 11.5 Å². The van der Waals surface area contributed by atoms with Crippen LogP contribution in [-0.4, -0.2) is 26.4 Å². The van der Waals surface area contributed by atoms with E-state index in [2.05, 4.69) is 21.2 Å². The zero-order valence-electron chi connectivity index (χ0n) is 14.8. The molecule has 1 fully saturated rings. The largest absolute Gasteiger partial charge is 0.493 e. The molecule has 3 rings (SSSR count). The molecule has 26 heavy (non-hydrogen) atoms. The molecule has 4 nitrogen and oxygen atoms in total. The van der Waals surface area contributed by atoms with Crippen LogP contribution in [0.1, 0.15) is 24.0 Å². The average molecular weight is 424 g/mol. The molecule has 0 saturated carbocycles. The highest BCUT2D eigenvalue weighted by molar-refractivity contribution is 9.10. The first-order valence-corrected chi connectivity index (χ1v) is 9.51. The van der Waals surface area contributed by atoms with Crippen molar-refractivity contribution in [2.45, 2.75) is 32.1 Å². The van der Waals surface area contributed by atoms with E-state index in [0.29, 0.717) is 24.2 Å². The Balaban J connectivity index is 1.61. The molecule has 0 spiro atoms. The van der Waals surface area contributed by atoms with Gasteiger partial charge in [-0.25, -0.2) is 4.39 Å². The minimum absolute atomic E-state index is 0.257. The van der Waals surface area contributed by atoms with Crippen LogP contribution in [-0.2, 0) is 17.9 Å². The topological polar surface area (TPSA) is 39.7 Å². The molecular formula is C20H23BrFNO3. The van der Waals surface area contributed by atoms with Crippen LogP contribution in [0, 0.1) is 5.82 Å². The normalized spacial score (nSPS) is 16.7. The number of methoxy groups -OCH3 is 1. The predicted octanol–water partition coefficient (Wildman–Crippen LogP) is 4.44. The van der Waals surface area contributed by atoms with Gasteiger partial charge in [0.15, 0.2) is 11.5 Å². The van der Waals surface area contributed by atoms with E-state index in [-0.39, 0.29) is 5.82 Å². The maximum atomic E-state index is 13.0. The number of rotatable bonds is 8. The Morgan fingerprint density at radius 2 is 2.04 bits per heavy atom. The van der Waals surface area contributed by atoms with Gasteiger partial charge in [0.1, 0.15) is 12.4 Å². The van der Waals surface area contributed by atoms with Gasteiger partial charge in [-0.2, -0.15) is 0 Å². The van der Waals surface area contributed by atoms with Crippen molar-refractivity contribution in [2.24, 2.45) is 0 Å². The number of nitrogens with one attached hydrogen (secondary N) is 1. The van der Waals surface area contributed by atoms with Crippen molar-refractivity contribution in [1.29, 1.82) is 0 Å². The van der Waals surface area contributed by atoms with Crippen LogP contribution < -0.4 is 14.8 Å². The molecule has 6 heteroatoms. The first-order chi connectivity index (χ1) is 12.7. The van der Waals surface area contributed by atoms with Crippen LogP contribution >= 0.6 is 15.9 Å². The molecule has 0 aliphatic carbocycles. The second kappa shape index (κ2) is 9.35. The number of ether oxygens (including phenoxy) is 3. The highest BCUT2D eigenvalue weighted by Crippen LogP contribution is 2.37. The van der Waals surface area contributed by atoms with Gasteiger partial charge in [-0.3, -0.25) is 0 Å². The average Bonchev–Trinajstić information content (AvgIpc) is 3.15. The molecule has 1 saturated heterocycles. The summed E-state index contributed by atoms with van der Waals surface area (Å²) in [5.41, 5.74) is 1.99. The minimum Gasteiger partial charge on any atom is -0.493 e. The smallest absolute Gasteiger partial charge is 0.175 e. The van der Waals surface area contributed by atoms with Crippen molar-refractivity contribution >= 4 is 15.9 Å². The molecule has 0 aromatic heterocycles. The summed E-state index contributed by atoms with van der Waals surface area (Å²) in [5.74, 6) is 1.04. The van der Waals surface area contributed by atoms with E-state index in [0.717, 1.165) is 48.1 Å². The number of benzene rings is 2. The molecule has 1 unspecified atom stereocenters. The van der Waals surface area contributed by atoms with Crippen molar-refractivity contribution < 1.29 is 18.6 Å².